The van der Waals surface area contributed by atoms with Gasteiger partial charge < -0.3 is 0 Å². The third-order valence-corrected chi connectivity index (χ3v) is 8.36. The number of benzene rings is 2. The molecule has 164 valence electrons. The highest BCUT2D eigenvalue weighted by Gasteiger charge is 2.43. The number of nitrogens with zero attached hydrogens (tertiary/aromatic N) is 2. The summed E-state index contributed by atoms with van der Waals surface area (Å²) in [6.07, 6.45) is 3.02. The van der Waals surface area contributed by atoms with Crippen LogP contribution < -0.4 is 0 Å². The Balaban J connectivity index is 1.32. The fourth-order valence-corrected chi connectivity index (χ4v) is 6.29. The maximum absolute atomic E-state index is 13.2. The van der Waals surface area contributed by atoms with Gasteiger partial charge in [0.2, 0.25) is 0 Å². The Morgan fingerprint density at radius 3 is 2.03 bits per heavy atom. The van der Waals surface area contributed by atoms with Crippen LogP contribution in [0.1, 0.15) is 65.0 Å². The van der Waals surface area contributed by atoms with Crippen LogP contribution in [0.4, 0.5) is 0 Å². The molecule has 1 fully saturated rings. The minimum Gasteiger partial charge on any atom is -0.298 e. The van der Waals surface area contributed by atoms with Gasteiger partial charge in [-0.05, 0) is 49.1 Å². The zero-order valence-electron chi connectivity index (χ0n) is 18.3. The van der Waals surface area contributed by atoms with Crippen molar-refractivity contribution in [2.75, 3.05) is 6.54 Å². The molecule has 2 aromatic rings. The Morgan fingerprint density at radius 2 is 1.44 bits per heavy atom. The highest BCUT2D eigenvalue weighted by molar-refractivity contribution is 7.81. The number of rotatable bonds is 4. The van der Waals surface area contributed by atoms with Crippen LogP contribution in [0.5, 0.6) is 0 Å². The summed E-state index contributed by atoms with van der Waals surface area (Å²) in [4.78, 5) is 31.0. The Kier molecular flexibility index (Phi) is 5.46. The first-order valence-electron chi connectivity index (χ1n) is 11.3. The molecule has 1 aliphatic carbocycles. The van der Waals surface area contributed by atoms with E-state index in [9.17, 15) is 9.59 Å². The van der Waals surface area contributed by atoms with Gasteiger partial charge in [0.15, 0.2) is 0 Å². The van der Waals surface area contributed by atoms with E-state index in [1.54, 1.807) is 4.90 Å². The van der Waals surface area contributed by atoms with E-state index < -0.39 is 0 Å². The van der Waals surface area contributed by atoms with Gasteiger partial charge in [-0.2, -0.15) is 0 Å². The molecule has 0 spiro atoms. The van der Waals surface area contributed by atoms with E-state index in [2.05, 4.69) is 13.8 Å². The van der Waals surface area contributed by atoms with Gasteiger partial charge in [0, 0.05) is 23.7 Å². The van der Waals surface area contributed by atoms with Crippen LogP contribution in [0, 0.1) is 17.8 Å². The normalized spacial score (nSPS) is 25.9. The summed E-state index contributed by atoms with van der Waals surface area (Å²) < 4.78 is 0. The van der Waals surface area contributed by atoms with Gasteiger partial charge in [-0.1, -0.05) is 74.7 Å². The second kappa shape index (κ2) is 8.16. The number of amides is 2. The van der Waals surface area contributed by atoms with Crippen LogP contribution in [0.15, 0.2) is 48.5 Å². The summed E-state index contributed by atoms with van der Waals surface area (Å²) in [6, 6.07) is 15.3. The molecule has 0 aromatic heterocycles. The molecule has 5 rings (SSSR count). The van der Waals surface area contributed by atoms with Crippen molar-refractivity contribution in [1.29, 1.82) is 0 Å². The van der Waals surface area contributed by atoms with E-state index in [4.69, 9.17) is 24.4 Å². The van der Waals surface area contributed by atoms with Crippen LogP contribution in [0.2, 0.25) is 0 Å². The lowest BCUT2D eigenvalue weighted by Crippen LogP contribution is -2.48. The lowest BCUT2D eigenvalue weighted by atomic mass is 9.73. The van der Waals surface area contributed by atoms with E-state index in [0.29, 0.717) is 39.5 Å². The fourth-order valence-electron chi connectivity index (χ4n) is 5.56. The number of fused-ring (bicyclic) bond motifs is 2. The van der Waals surface area contributed by atoms with Crippen LogP contribution in [-0.2, 0) is 0 Å². The predicted octanol–water partition coefficient (Wildman–Crippen LogP) is 5.09. The van der Waals surface area contributed by atoms with Crippen molar-refractivity contribution in [3.63, 3.8) is 0 Å². The van der Waals surface area contributed by atoms with Gasteiger partial charge in [0.25, 0.3) is 11.8 Å². The topological polar surface area (TPSA) is 40.6 Å². The number of hydrogen-bond donors (Lipinski definition) is 0. The summed E-state index contributed by atoms with van der Waals surface area (Å²) >= 11 is 11.4. The maximum atomic E-state index is 13.2. The van der Waals surface area contributed by atoms with Gasteiger partial charge in [-0.15, -0.1) is 0 Å². The van der Waals surface area contributed by atoms with Crippen molar-refractivity contribution in [3.05, 3.63) is 70.8 Å². The summed E-state index contributed by atoms with van der Waals surface area (Å²) in [5.74, 6) is 1.09. The van der Waals surface area contributed by atoms with Crippen LogP contribution >= 0.6 is 24.4 Å². The fraction of sp³-hybridized carbons (Fsp3) is 0.385. The molecule has 4 nitrogen and oxygen atoms in total. The number of carbonyl (C=O) groups excluding carboxylic acids is 2. The molecular weight excluding hydrogens is 436 g/mol. The molecule has 3 aliphatic rings. The summed E-state index contributed by atoms with van der Waals surface area (Å²) in [7, 11) is 0. The van der Waals surface area contributed by atoms with Crippen LogP contribution in [0.25, 0.3) is 0 Å². The number of carbonyl (C=O) groups is 2. The smallest absolute Gasteiger partial charge is 0.259 e. The highest BCUT2D eigenvalue weighted by atomic mass is 32.1. The Morgan fingerprint density at radius 1 is 0.875 bits per heavy atom. The molecule has 0 bridgehead atoms. The maximum Gasteiger partial charge on any atom is 0.259 e. The third kappa shape index (κ3) is 3.32. The standard InChI is InChI=1S/C26H26N2O2S2/c1-15-11-12-17(13-22(15)28-24(30)19-8-4-6-10-21(19)26(28)32)16(2)14-27-23(29)18-7-3-5-9-20(18)25(27)31/h3-10,15-17,22H,11-14H2,1-2H3. The van der Waals surface area contributed by atoms with Crippen molar-refractivity contribution >= 4 is 46.2 Å². The Bertz CT molecular complexity index is 1070. The molecule has 2 aliphatic heterocycles. The molecule has 0 radical (unpaired) electrons. The van der Waals surface area contributed by atoms with Crippen LogP contribution in [-0.4, -0.2) is 44.2 Å². The summed E-state index contributed by atoms with van der Waals surface area (Å²) in [6.45, 7) is 5.03. The average Bonchev–Trinajstić information content (AvgIpc) is 3.20. The minimum absolute atomic E-state index is 0.00419. The first-order valence-corrected chi connectivity index (χ1v) is 12.1. The Hall–Kier alpha value is -2.44. The average molecular weight is 463 g/mol. The highest BCUT2D eigenvalue weighted by Crippen LogP contribution is 2.40. The largest absolute Gasteiger partial charge is 0.298 e. The van der Waals surface area contributed by atoms with E-state index in [1.807, 2.05) is 53.4 Å². The molecule has 2 amide bonds. The lowest BCUT2D eigenvalue weighted by Gasteiger charge is -2.42. The van der Waals surface area contributed by atoms with Crippen molar-refractivity contribution in [2.45, 2.75) is 39.2 Å². The van der Waals surface area contributed by atoms with Gasteiger partial charge in [0.05, 0.1) is 11.1 Å². The minimum atomic E-state index is 0.00419. The number of hydrogen-bond acceptors (Lipinski definition) is 4. The van der Waals surface area contributed by atoms with Crippen LogP contribution in [0.3, 0.4) is 0 Å². The van der Waals surface area contributed by atoms with Gasteiger partial charge in [-0.3, -0.25) is 19.4 Å². The molecule has 0 N–H and O–H groups in total. The molecule has 4 atom stereocenters. The molecule has 0 saturated heterocycles. The quantitative estimate of drug-likeness (QED) is 0.594. The molecule has 2 heterocycles. The molecule has 4 unspecified atom stereocenters. The predicted molar refractivity (Wildman–Crippen MR) is 133 cm³/mol. The van der Waals surface area contributed by atoms with E-state index >= 15 is 0 Å². The van der Waals surface area contributed by atoms with Crippen molar-refractivity contribution < 1.29 is 9.59 Å². The second-order valence-corrected chi connectivity index (χ2v) is 10.2. The van der Waals surface area contributed by atoms with Gasteiger partial charge in [0.1, 0.15) is 9.98 Å². The van der Waals surface area contributed by atoms with Crippen molar-refractivity contribution in [3.8, 4) is 0 Å². The third-order valence-electron chi connectivity index (χ3n) is 7.50. The molecule has 32 heavy (non-hydrogen) atoms. The Labute approximate surface area is 199 Å². The zero-order valence-corrected chi connectivity index (χ0v) is 19.9. The second-order valence-electron chi connectivity index (χ2n) is 9.39. The van der Waals surface area contributed by atoms with E-state index in [-0.39, 0.29) is 23.8 Å². The number of thiocarbonyl (C=S) groups is 2. The van der Waals surface area contributed by atoms with Gasteiger partial charge >= 0.3 is 0 Å². The molecule has 6 heteroatoms. The molecule has 1 saturated carbocycles. The zero-order chi connectivity index (χ0) is 22.6. The molecular formula is C26H26N2O2S2. The van der Waals surface area contributed by atoms with E-state index in [0.717, 1.165) is 30.4 Å². The van der Waals surface area contributed by atoms with Crippen molar-refractivity contribution in [1.82, 2.24) is 9.80 Å². The molecule has 2 aromatic carbocycles. The summed E-state index contributed by atoms with van der Waals surface area (Å²) in [5.41, 5.74) is 3.15. The lowest BCUT2D eigenvalue weighted by molar-refractivity contribution is 0.0652. The van der Waals surface area contributed by atoms with Crippen molar-refractivity contribution in [2.24, 2.45) is 17.8 Å². The first-order chi connectivity index (χ1) is 15.4. The summed E-state index contributed by atoms with van der Waals surface area (Å²) in [5, 5.41) is 0. The SMILES string of the molecule is CC(CN1C(=O)c2ccccc2C1=S)C1CCC(C)C(N2C(=O)c3ccccc3C2=S)C1. The monoisotopic (exact) mass is 462 g/mol. The first kappa shape index (κ1) is 21.4. The van der Waals surface area contributed by atoms with Gasteiger partial charge in [-0.25, -0.2) is 0 Å². The van der Waals surface area contributed by atoms with E-state index in [1.165, 1.54) is 0 Å².